The molecule has 0 bridgehead atoms. The molecule has 0 spiro atoms. The maximum atomic E-state index is 12.4. The second-order valence-corrected chi connectivity index (χ2v) is 9.07. The Labute approximate surface area is 169 Å². The number of benzene rings is 1. The van der Waals surface area contributed by atoms with Crippen LogP contribution in [0.15, 0.2) is 29.3 Å². The van der Waals surface area contributed by atoms with Crippen molar-refractivity contribution in [3.05, 3.63) is 30.2 Å². The molecule has 1 aliphatic rings. The van der Waals surface area contributed by atoms with Crippen molar-refractivity contribution in [2.75, 3.05) is 29.1 Å². The van der Waals surface area contributed by atoms with Gasteiger partial charge in [-0.15, -0.1) is 10.2 Å². The van der Waals surface area contributed by atoms with E-state index in [1.807, 2.05) is 19.9 Å². The van der Waals surface area contributed by atoms with Crippen molar-refractivity contribution >= 4 is 26.8 Å². The van der Waals surface area contributed by atoms with Gasteiger partial charge in [0.15, 0.2) is 9.84 Å². The summed E-state index contributed by atoms with van der Waals surface area (Å²) in [6, 6.07) is 6.98. The highest BCUT2D eigenvalue weighted by Crippen LogP contribution is 2.32. The van der Waals surface area contributed by atoms with Crippen LogP contribution in [0.3, 0.4) is 0 Å². The first-order valence-corrected chi connectivity index (χ1v) is 10.9. The van der Waals surface area contributed by atoms with Crippen LogP contribution in [-0.2, 0) is 14.6 Å². The molecule has 0 radical (unpaired) electrons. The van der Waals surface area contributed by atoms with Crippen molar-refractivity contribution < 1.29 is 13.2 Å². The summed E-state index contributed by atoms with van der Waals surface area (Å²) in [4.78, 5) is 2.35. The maximum absolute atomic E-state index is 12.4. The van der Waals surface area contributed by atoms with E-state index >= 15 is 0 Å². The molecular formula is C18H23N7O3S. The minimum atomic E-state index is -3.39. The van der Waals surface area contributed by atoms with Crippen LogP contribution in [0.1, 0.15) is 26.6 Å². The monoisotopic (exact) mass is 417 g/mol. The van der Waals surface area contributed by atoms with Gasteiger partial charge in [-0.05, 0) is 37.3 Å². The summed E-state index contributed by atoms with van der Waals surface area (Å²) in [7, 11) is -3.39. The third kappa shape index (κ3) is 4.72. The van der Waals surface area contributed by atoms with E-state index in [2.05, 4.69) is 30.8 Å². The summed E-state index contributed by atoms with van der Waals surface area (Å²) >= 11 is 0. The molecule has 3 rings (SSSR count). The fourth-order valence-electron chi connectivity index (χ4n) is 3.21. The number of sulfone groups is 1. The standard InChI is InChI=1S/C18H23N7O3S/c1-4-29(26,27)15-5-6-17(25-10-12(2)28-13(3)11-25)16(7-15)20-9-14(8-19)18-21-23-24-22-18/h5-7,9,12-13,20H,4,10-11H2,1-3H3,(H,21,22,23,24). The van der Waals surface area contributed by atoms with Gasteiger partial charge in [0.05, 0.1) is 34.2 Å². The Bertz CT molecular complexity index is 1020. The van der Waals surface area contributed by atoms with Crippen LogP contribution in [0.2, 0.25) is 0 Å². The van der Waals surface area contributed by atoms with Crippen LogP contribution >= 0.6 is 0 Å². The minimum Gasteiger partial charge on any atom is -0.372 e. The van der Waals surface area contributed by atoms with Crippen molar-refractivity contribution in [3.8, 4) is 6.07 Å². The first-order valence-electron chi connectivity index (χ1n) is 9.22. The summed E-state index contributed by atoms with van der Waals surface area (Å²) < 4.78 is 30.5. The summed E-state index contributed by atoms with van der Waals surface area (Å²) in [6.07, 6.45) is 1.52. The van der Waals surface area contributed by atoms with Crippen molar-refractivity contribution in [3.63, 3.8) is 0 Å². The molecule has 1 aromatic carbocycles. The van der Waals surface area contributed by atoms with Gasteiger partial charge in [0.2, 0.25) is 5.82 Å². The summed E-state index contributed by atoms with van der Waals surface area (Å²) in [5.74, 6) is 0.145. The number of nitriles is 1. The van der Waals surface area contributed by atoms with E-state index < -0.39 is 9.84 Å². The van der Waals surface area contributed by atoms with Gasteiger partial charge in [0, 0.05) is 19.3 Å². The average molecular weight is 417 g/mol. The first kappa shape index (κ1) is 20.8. The summed E-state index contributed by atoms with van der Waals surface area (Å²) in [5, 5.41) is 25.8. The van der Waals surface area contributed by atoms with Gasteiger partial charge in [-0.3, -0.25) is 0 Å². The number of ether oxygens (including phenoxy) is 1. The number of aromatic amines is 1. The number of rotatable bonds is 6. The van der Waals surface area contributed by atoms with Crippen LogP contribution in [0, 0.1) is 11.3 Å². The molecular weight excluding hydrogens is 394 g/mol. The number of tetrazole rings is 1. The quantitative estimate of drug-likeness (QED) is 0.671. The van der Waals surface area contributed by atoms with Gasteiger partial charge in [-0.1, -0.05) is 6.92 Å². The van der Waals surface area contributed by atoms with E-state index in [4.69, 9.17) is 4.74 Å². The number of aromatic nitrogens is 4. The smallest absolute Gasteiger partial charge is 0.216 e. The highest BCUT2D eigenvalue weighted by atomic mass is 32.2. The number of nitrogens with one attached hydrogen (secondary N) is 2. The molecule has 0 saturated carbocycles. The first-order chi connectivity index (χ1) is 13.8. The zero-order chi connectivity index (χ0) is 21.0. The van der Waals surface area contributed by atoms with E-state index in [1.165, 1.54) is 6.20 Å². The van der Waals surface area contributed by atoms with Gasteiger partial charge in [-0.25, -0.2) is 8.42 Å². The number of nitrogens with zero attached hydrogens (tertiary/aromatic N) is 5. The molecule has 29 heavy (non-hydrogen) atoms. The average Bonchev–Trinajstić information content (AvgIpc) is 3.22. The highest BCUT2D eigenvalue weighted by Gasteiger charge is 2.25. The van der Waals surface area contributed by atoms with Crippen molar-refractivity contribution in [2.24, 2.45) is 0 Å². The van der Waals surface area contributed by atoms with Crippen molar-refractivity contribution in [1.29, 1.82) is 5.26 Å². The van der Waals surface area contributed by atoms with Crippen LogP contribution in [0.4, 0.5) is 11.4 Å². The second kappa shape index (κ2) is 8.59. The highest BCUT2D eigenvalue weighted by molar-refractivity contribution is 7.91. The Morgan fingerprint density at radius 1 is 1.41 bits per heavy atom. The SMILES string of the molecule is CCS(=O)(=O)c1ccc(N2CC(C)OC(C)C2)c(NC=C(C#N)c2nn[nH]n2)c1. The Kier molecular flexibility index (Phi) is 6.14. The Balaban J connectivity index is 2.01. The number of hydrogen-bond donors (Lipinski definition) is 2. The third-order valence-corrected chi connectivity index (χ3v) is 6.28. The van der Waals surface area contributed by atoms with E-state index in [0.29, 0.717) is 18.8 Å². The maximum Gasteiger partial charge on any atom is 0.216 e. The van der Waals surface area contributed by atoms with Crippen LogP contribution in [0.5, 0.6) is 0 Å². The summed E-state index contributed by atoms with van der Waals surface area (Å²) in [6.45, 7) is 6.92. The molecule has 2 unspecified atom stereocenters. The Morgan fingerprint density at radius 2 is 2.14 bits per heavy atom. The Hall–Kier alpha value is -2.97. The Morgan fingerprint density at radius 3 is 2.72 bits per heavy atom. The van der Waals surface area contributed by atoms with Crippen LogP contribution in [-0.4, -0.2) is 60.1 Å². The predicted molar refractivity (Wildman–Crippen MR) is 108 cm³/mol. The van der Waals surface area contributed by atoms with E-state index in [0.717, 1.165) is 5.69 Å². The van der Waals surface area contributed by atoms with Gasteiger partial charge >= 0.3 is 0 Å². The number of morpholine rings is 1. The molecule has 2 atom stereocenters. The number of allylic oxidation sites excluding steroid dienone is 1. The number of hydrogen-bond acceptors (Lipinski definition) is 9. The molecule has 154 valence electrons. The normalized spacial score (nSPS) is 20.3. The third-order valence-electron chi connectivity index (χ3n) is 4.55. The molecule has 1 saturated heterocycles. The molecule has 2 aromatic rings. The summed E-state index contributed by atoms with van der Waals surface area (Å²) in [5.41, 5.74) is 1.55. The van der Waals surface area contributed by atoms with E-state index in [9.17, 15) is 13.7 Å². The molecule has 0 amide bonds. The lowest BCUT2D eigenvalue weighted by Gasteiger charge is -2.37. The van der Waals surface area contributed by atoms with Gasteiger partial charge in [0.25, 0.3) is 0 Å². The predicted octanol–water partition coefficient (Wildman–Crippen LogP) is 1.58. The van der Waals surface area contributed by atoms with Gasteiger partial charge in [0.1, 0.15) is 11.6 Å². The van der Waals surface area contributed by atoms with E-state index in [-0.39, 0.29) is 34.3 Å². The van der Waals surface area contributed by atoms with Crippen LogP contribution < -0.4 is 10.2 Å². The number of anilines is 2. The molecule has 2 heterocycles. The topological polar surface area (TPSA) is 137 Å². The van der Waals surface area contributed by atoms with Gasteiger partial charge < -0.3 is 15.0 Å². The lowest BCUT2D eigenvalue weighted by atomic mass is 10.1. The fraction of sp³-hybridized carbons (Fsp3) is 0.444. The van der Waals surface area contributed by atoms with Crippen LogP contribution in [0.25, 0.3) is 5.57 Å². The fourth-order valence-corrected chi connectivity index (χ4v) is 4.12. The number of H-pyrrole nitrogens is 1. The molecule has 1 aromatic heterocycles. The minimum absolute atomic E-state index is 0.000443. The zero-order valence-electron chi connectivity index (χ0n) is 16.5. The molecule has 0 aliphatic carbocycles. The second-order valence-electron chi connectivity index (χ2n) is 6.79. The molecule has 10 nitrogen and oxygen atoms in total. The molecule has 11 heteroatoms. The molecule has 1 fully saturated rings. The van der Waals surface area contributed by atoms with Crippen molar-refractivity contribution in [2.45, 2.75) is 37.9 Å². The van der Waals surface area contributed by atoms with Gasteiger partial charge in [-0.2, -0.15) is 10.5 Å². The van der Waals surface area contributed by atoms with E-state index in [1.54, 1.807) is 25.1 Å². The molecule has 1 aliphatic heterocycles. The largest absolute Gasteiger partial charge is 0.372 e. The lowest BCUT2D eigenvalue weighted by Crippen LogP contribution is -2.45. The lowest BCUT2D eigenvalue weighted by molar-refractivity contribution is -0.00517. The molecule has 2 N–H and O–H groups in total. The zero-order valence-corrected chi connectivity index (χ0v) is 17.3. The van der Waals surface area contributed by atoms with Crippen molar-refractivity contribution in [1.82, 2.24) is 20.6 Å².